The molecule has 3 N–H and O–H groups in total. The highest BCUT2D eigenvalue weighted by atomic mass is 35.5. The lowest BCUT2D eigenvalue weighted by Crippen LogP contribution is -2.06. The Bertz CT molecular complexity index is 508. The van der Waals surface area contributed by atoms with Gasteiger partial charge in [-0.25, -0.2) is 0 Å². The third kappa shape index (κ3) is 2.73. The van der Waals surface area contributed by atoms with Gasteiger partial charge in [-0.15, -0.1) is 11.3 Å². The zero-order valence-electron chi connectivity index (χ0n) is 9.83. The smallest absolute Gasteiger partial charge is 0.0656 e. The molecule has 1 heterocycles. The van der Waals surface area contributed by atoms with Crippen LogP contribution in [0.2, 0.25) is 5.02 Å². The van der Waals surface area contributed by atoms with Gasteiger partial charge in [0.15, 0.2) is 0 Å². The number of thiophene rings is 1. The molecule has 0 saturated carbocycles. The lowest BCUT2D eigenvalue weighted by atomic mass is 10.1. The van der Waals surface area contributed by atoms with Crippen LogP contribution in [-0.4, -0.2) is 0 Å². The molecule has 17 heavy (non-hydrogen) atoms. The molecule has 4 heteroatoms. The van der Waals surface area contributed by atoms with E-state index < -0.39 is 0 Å². The van der Waals surface area contributed by atoms with Crippen LogP contribution in [0, 0.1) is 6.92 Å². The van der Waals surface area contributed by atoms with Gasteiger partial charge in [-0.2, -0.15) is 0 Å². The third-order valence-electron chi connectivity index (χ3n) is 2.69. The first-order valence-corrected chi connectivity index (χ1v) is 6.69. The molecular formula is C13H15ClN2S. The Balaban J connectivity index is 2.22. The molecule has 90 valence electrons. The molecule has 0 bridgehead atoms. The van der Waals surface area contributed by atoms with E-state index in [0.717, 1.165) is 11.3 Å². The number of halogens is 1. The minimum Gasteiger partial charge on any atom is -0.398 e. The number of aryl methyl sites for hydroxylation is 1. The number of nitrogens with two attached hydrogens (primary N) is 1. The highest BCUT2D eigenvalue weighted by Gasteiger charge is 2.09. The SMILES string of the molecule is Cc1cc(N)c(Cl)cc1NC(C)c1cccs1. The number of hydrogen-bond acceptors (Lipinski definition) is 3. The molecular weight excluding hydrogens is 252 g/mol. The number of hydrogen-bond donors (Lipinski definition) is 2. The second kappa shape index (κ2) is 4.98. The molecule has 0 aliphatic carbocycles. The summed E-state index contributed by atoms with van der Waals surface area (Å²) in [5.74, 6) is 0. The molecule has 0 aliphatic rings. The zero-order valence-corrected chi connectivity index (χ0v) is 11.4. The normalized spacial score (nSPS) is 12.4. The molecule has 1 aromatic carbocycles. The zero-order chi connectivity index (χ0) is 12.4. The van der Waals surface area contributed by atoms with E-state index in [0.29, 0.717) is 10.7 Å². The first-order valence-electron chi connectivity index (χ1n) is 5.43. The fraction of sp³-hybridized carbons (Fsp3) is 0.231. The summed E-state index contributed by atoms with van der Waals surface area (Å²) >= 11 is 7.78. The van der Waals surface area contributed by atoms with E-state index in [4.69, 9.17) is 17.3 Å². The Morgan fingerprint density at radius 1 is 1.41 bits per heavy atom. The van der Waals surface area contributed by atoms with Crippen LogP contribution in [0.1, 0.15) is 23.4 Å². The van der Waals surface area contributed by atoms with Gasteiger partial charge in [-0.1, -0.05) is 17.7 Å². The number of rotatable bonds is 3. The van der Waals surface area contributed by atoms with Gasteiger partial charge in [0.25, 0.3) is 0 Å². The van der Waals surface area contributed by atoms with Crippen molar-refractivity contribution in [2.45, 2.75) is 19.9 Å². The van der Waals surface area contributed by atoms with Crippen LogP contribution in [0.15, 0.2) is 29.6 Å². The van der Waals surface area contributed by atoms with Crippen LogP contribution in [-0.2, 0) is 0 Å². The maximum absolute atomic E-state index is 6.03. The van der Waals surface area contributed by atoms with Crippen molar-refractivity contribution in [2.75, 3.05) is 11.1 Å². The van der Waals surface area contributed by atoms with E-state index in [9.17, 15) is 0 Å². The quantitative estimate of drug-likeness (QED) is 0.805. The van der Waals surface area contributed by atoms with E-state index in [1.54, 1.807) is 11.3 Å². The number of nitrogens with one attached hydrogen (secondary N) is 1. The van der Waals surface area contributed by atoms with Gasteiger partial charge in [0, 0.05) is 10.6 Å². The van der Waals surface area contributed by atoms with Gasteiger partial charge in [-0.3, -0.25) is 0 Å². The Labute approximate surface area is 110 Å². The molecule has 0 fully saturated rings. The molecule has 1 aromatic heterocycles. The maximum Gasteiger partial charge on any atom is 0.0656 e. The molecule has 2 rings (SSSR count). The molecule has 0 amide bonds. The minimum absolute atomic E-state index is 0.272. The van der Waals surface area contributed by atoms with Gasteiger partial charge in [0.05, 0.1) is 16.8 Å². The van der Waals surface area contributed by atoms with Crippen molar-refractivity contribution in [3.05, 3.63) is 45.1 Å². The molecule has 2 aromatic rings. The second-order valence-electron chi connectivity index (χ2n) is 4.07. The summed E-state index contributed by atoms with van der Waals surface area (Å²) in [5, 5.41) is 6.12. The van der Waals surface area contributed by atoms with Crippen molar-refractivity contribution in [3.63, 3.8) is 0 Å². The Kier molecular flexibility index (Phi) is 3.60. The Hall–Kier alpha value is -1.19. The van der Waals surface area contributed by atoms with Gasteiger partial charge < -0.3 is 11.1 Å². The fourth-order valence-corrected chi connectivity index (χ4v) is 2.60. The van der Waals surface area contributed by atoms with Gasteiger partial charge in [0.1, 0.15) is 0 Å². The minimum atomic E-state index is 0.272. The van der Waals surface area contributed by atoms with Gasteiger partial charge in [0.2, 0.25) is 0 Å². The lowest BCUT2D eigenvalue weighted by molar-refractivity contribution is 0.906. The lowest BCUT2D eigenvalue weighted by Gasteiger charge is -2.16. The highest BCUT2D eigenvalue weighted by molar-refractivity contribution is 7.10. The van der Waals surface area contributed by atoms with Gasteiger partial charge >= 0.3 is 0 Å². The van der Waals surface area contributed by atoms with Crippen LogP contribution >= 0.6 is 22.9 Å². The topological polar surface area (TPSA) is 38.0 Å². The molecule has 2 nitrogen and oxygen atoms in total. The maximum atomic E-state index is 6.03. The van der Waals surface area contributed by atoms with Crippen molar-refractivity contribution >= 4 is 34.3 Å². The largest absolute Gasteiger partial charge is 0.398 e. The van der Waals surface area contributed by atoms with E-state index >= 15 is 0 Å². The monoisotopic (exact) mass is 266 g/mol. The summed E-state index contributed by atoms with van der Waals surface area (Å²) in [5.41, 5.74) is 8.52. The molecule has 1 atom stereocenters. The second-order valence-corrected chi connectivity index (χ2v) is 5.46. The van der Waals surface area contributed by atoms with Crippen LogP contribution in [0.5, 0.6) is 0 Å². The van der Waals surface area contributed by atoms with Crippen LogP contribution < -0.4 is 11.1 Å². The van der Waals surface area contributed by atoms with Crippen molar-refractivity contribution in [2.24, 2.45) is 0 Å². The molecule has 0 spiro atoms. The summed E-state index contributed by atoms with van der Waals surface area (Å²) in [7, 11) is 0. The average molecular weight is 267 g/mol. The fourth-order valence-electron chi connectivity index (χ4n) is 1.70. The molecule has 0 radical (unpaired) electrons. The molecule has 0 aliphatic heterocycles. The standard InChI is InChI=1S/C13H15ClN2S/c1-8-6-11(15)10(14)7-12(8)16-9(2)13-4-3-5-17-13/h3-7,9,16H,15H2,1-2H3. The predicted octanol–water partition coefficient (Wildman–Crippen LogP) is 4.47. The Morgan fingerprint density at radius 3 is 2.82 bits per heavy atom. The van der Waals surface area contributed by atoms with E-state index in [1.165, 1.54) is 4.88 Å². The van der Waals surface area contributed by atoms with Crippen LogP contribution in [0.25, 0.3) is 0 Å². The summed E-state index contributed by atoms with van der Waals surface area (Å²) in [4.78, 5) is 1.30. The third-order valence-corrected chi connectivity index (χ3v) is 4.07. The first-order chi connectivity index (χ1) is 8.08. The van der Waals surface area contributed by atoms with E-state index in [1.807, 2.05) is 19.1 Å². The number of anilines is 2. The van der Waals surface area contributed by atoms with E-state index in [2.05, 4.69) is 29.8 Å². The van der Waals surface area contributed by atoms with Crippen molar-refractivity contribution in [3.8, 4) is 0 Å². The van der Waals surface area contributed by atoms with Crippen molar-refractivity contribution in [1.82, 2.24) is 0 Å². The highest BCUT2D eigenvalue weighted by Crippen LogP contribution is 2.30. The first kappa shape index (κ1) is 12.3. The summed E-state index contributed by atoms with van der Waals surface area (Å²) in [6, 6.07) is 8.23. The van der Waals surface area contributed by atoms with E-state index in [-0.39, 0.29) is 6.04 Å². The predicted molar refractivity (Wildman–Crippen MR) is 77.0 cm³/mol. The number of benzene rings is 1. The molecule has 0 saturated heterocycles. The summed E-state index contributed by atoms with van der Waals surface area (Å²) in [6.07, 6.45) is 0. The van der Waals surface area contributed by atoms with Crippen molar-refractivity contribution < 1.29 is 0 Å². The number of nitrogen functional groups attached to an aromatic ring is 1. The summed E-state index contributed by atoms with van der Waals surface area (Å²) < 4.78 is 0. The van der Waals surface area contributed by atoms with Crippen LogP contribution in [0.3, 0.4) is 0 Å². The summed E-state index contributed by atoms with van der Waals surface area (Å²) in [6.45, 7) is 4.16. The molecule has 1 unspecified atom stereocenters. The average Bonchev–Trinajstić information content (AvgIpc) is 2.79. The Morgan fingerprint density at radius 2 is 2.18 bits per heavy atom. The van der Waals surface area contributed by atoms with Gasteiger partial charge in [-0.05, 0) is 43.0 Å². The van der Waals surface area contributed by atoms with Crippen molar-refractivity contribution in [1.29, 1.82) is 0 Å². The van der Waals surface area contributed by atoms with Crippen LogP contribution in [0.4, 0.5) is 11.4 Å².